The fraction of sp³-hybridized carbons (Fsp3) is 0.895. The van der Waals surface area contributed by atoms with Crippen molar-refractivity contribution in [3.63, 3.8) is 0 Å². The van der Waals surface area contributed by atoms with Gasteiger partial charge in [0.15, 0.2) is 0 Å². The number of carboxylic acids is 1. The molecule has 2 N–H and O–H groups in total. The summed E-state index contributed by atoms with van der Waals surface area (Å²) >= 11 is 0. The molecule has 0 aromatic carbocycles. The van der Waals surface area contributed by atoms with Gasteiger partial charge in [-0.1, -0.05) is 33.1 Å². The second kappa shape index (κ2) is 9.55. The minimum absolute atomic E-state index is 0.0262. The Hall–Kier alpha value is -1.34. The second-order valence-electron chi connectivity index (χ2n) is 8.51. The van der Waals surface area contributed by atoms with E-state index < -0.39 is 5.97 Å². The molecule has 7 heteroatoms. The lowest BCUT2D eigenvalue weighted by molar-refractivity contribution is -0.138. The zero-order chi connectivity index (χ0) is 19.2. The number of carboxylic acid groups (broad SMARTS) is 1. The van der Waals surface area contributed by atoms with Crippen molar-refractivity contribution in [2.45, 2.75) is 52.1 Å². The SMILES string of the molecule is CN(CC(=O)O)CC1CN(C(=O)NCC(C)(C)C2CCCCC2)CCO1. The number of rotatable bonds is 7. The maximum atomic E-state index is 12.6. The lowest BCUT2D eigenvalue weighted by Gasteiger charge is -2.39. The highest BCUT2D eigenvalue weighted by molar-refractivity contribution is 5.74. The smallest absolute Gasteiger partial charge is 0.317 e. The molecule has 1 saturated carbocycles. The van der Waals surface area contributed by atoms with Gasteiger partial charge in [-0.25, -0.2) is 4.79 Å². The third-order valence-electron chi connectivity index (χ3n) is 5.75. The third-order valence-corrected chi connectivity index (χ3v) is 5.75. The molecule has 2 rings (SSSR count). The highest BCUT2D eigenvalue weighted by Crippen LogP contribution is 2.37. The van der Waals surface area contributed by atoms with Gasteiger partial charge in [0, 0.05) is 26.2 Å². The Morgan fingerprint density at radius 2 is 1.96 bits per heavy atom. The first-order chi connectivity index (χ1) is 12.3. The van der Waals surface area contributed by atoms with Crippen LogP contribution < -0.4 is 5.32 Å². The second-order valence-corrected chi connectivity index (χ2v) is 8.51. The summed E-state index contributed by atoms with van der Waals surface area (Å²) in [6.45, 7) is 7.25. The van der Waals surface area contributed by atoms with Crippen LogP contribution >= 0.6 is 0 Å². The van der Waals surface area contributed by atoms with Crippen LogP contribution in [0, 0.1) is 11.3 Å². The monoisotopic (exact) mass is 369 g/mol. The van der Waals surface area contributed by atoms with Gasteiger partial charge < -0.3 is 20.1 Å². The molecule has 1 heterocycles. The molecule has 1 atom stereocenters. The highest BCUT2D eigenvalue weighted by atomic mass is 16.5. The van der Waals surface area contributed by atoms with Gasteiger partial charge in [0.1, 0.15) is 0 Å². The van der Waals surface area contributed by atoms with Gasteiger partial charge in [-0.2, -0.15) is 0 Å². The summed E-state index contributed by atoms with van der Waals surface area (Å²) in [4.78, 5) is 26.9. The fourth-order valence-electron chi connectivity index (χ4n) is 4.10. The van der Waals surface area contributed by atoms with E-state index in [2.05, 4.69) is 19.2 Å². The molecule has 2 aliphatic rings. The van der Waals surface area contributed by atoms with E-state index in [4.69, 9.17) is 9.84 Å². The summed E-state index contributed by atoms with van der Waals surface area (Å²) in [5.74, 6) is -0.179. The number of aliphatic carboxylic acids is 1. The maximum Gasteiger partial charge on any atom is 0.317 e. The molecule has 0 radical (unpaired) electrons. The van der Waals surface area contributed by atoms with E-state index in [-0.39, 0.29) is 24.1 Å². The number of carbonyl (C=O) groups is 2. The number of morpholine rings is 1. The number of hydrogen-bond donors (Lipinski definition) is 2. The summed E-state index contributed by atoms with van der Waals surface area (Å²) in [6.07, 6.45) is 6.32. The van der Waals surface area contributed by atoms with Crippen LogP contribution in [0.5, 0.6) is 0 Å². The molecule has 1 aliphatic heterocycles. The van der Waals surface area contributed by atoms with Gasteiger partial charge >= 0.3 is 12.0 Å². The van der Waals surface area contributed by atoms with E-state index in [0.717, 1.165) is 0 Å². The minimum Gasteiger partial charge on any atom is -0.480 e. The van der Waals surface area contributed by atoms with Crippen LogP contribution in [-0.2, 0) is 9.53 Å². The first kappa shape index (κ1) is 21.0. The standard InChI is InChI=1S/C19H35N3O4/c1-19(2,15-7-5-4-6-8-15)14-20-18(25)22-9-10-26-16(12-22)11-21(3)13-17(23)24/h15-16H,4-14H2,1-3H3,(H,20,25)(H,23,24). The van der Waals surface area contributed by atoms with Crippen molar-refractivity contribution in [3.05, 3.63) is 0 Å². The predicted molar refractivity (Wildman–Crippen MR) is 100 cm³/mol. The molecule has 7 nitrogen and oxygen atoms in total. The molecule has 0 bridgehead atoms. The molecule has 1 unspecified atom stereocenters. The summed E-state index contributed by atoms with van der Waals surface area (Å²) in [7, 11) is 1.75. The van der Waals surface area contributed by atoms with Gasteiger partial charge in [-0.3, -0.25) is 9.69 Å². The van der Waals surface area contributed by atoms with Crippen LogP contribution in [-0.4, -0.2) is 79.4 Å². The number of urea groups is 1. The molecule has 1 aliphatic carbocycles. The lowest BCUT2D eigenvalue weighted by atomic mass is 9.71. The number of carbonyl (C=O) groups excluding carboxylic acids is 1. The summed E-state index contributed by atoms with van der Waals surface area (Å²) in [6, 6.07) is -0.0388. The normalized spacial score (nSPS) is 22.5. The van der Waals surface area contributed by atoms with E-state index in [1.165, 1.54) is 32.1 Å². The Balaban J connectivity index is 1.78. The van der Waals surface area contributed by atoms with Gasteiger partial charge in [-0.05, 0) is 31.2 Å². The van der Waals surface area contributed by atoms with Crippen molar-refractivity contribution in [1.82, 2.24) is 15.1 Å². The zero-order valence-corrected chi connectivity index (χ0v) is 16.5. The Labute approximate surface area is 157 Å². The van der Waals surface area contributed by atoms with Crippen LogP contribution in [0.2, 0.25) is 0 Å². The molecule has 2 fully saturated rings. The van der Waals surface area contributed by atoms with Crippen LogP contribution in [0.1, 0.15) is 46.0 Å². The first-order valence-electron chi connectivity index (χ1n) is 9.82. The molecular weight excluding hydrogens is 334 g/mol. The number of amides is 2. The quantitative estimate of drug-likeness (QED) is 0.717. The maximum absolute atomic E-state index is 12.6. The van der Waals surface area contributed by atoms with Crippen molar-refractivity contribution < 1.29 is 19.4 Å². The van der Waals surface area contributed by atoms with E-state index in [1.807, 2.05) is 0 Å². The van der Waals surface area contributed by atoms with Gasteiger partial charge in [-0.15, -0.1) is 0 Å². The van der Waals surface area contributed by atoms with Crippen molar-refractivity contribution in [1.29, 1.82) is 0 Å². The zero-order valence-electron chi connectivity index (χ0n) is 16.5. The number of nitrogens with zero attached hydrogens (tertiary/aromatic N) is 2. The Morgan fingerprint density at radius 3 is 2.62 bits per heavy atom. The Morgan fingerprint density at radius 1 is 1.27 bits per heavy atom. The average molecular weight is 370 g/mol. The number of hydrogen-bond acceptors (Lipinski definition) is 4. The molecule has 0 spiro atoms. The average Bonchev–Trinajstić information content (AvgIpc) is 2.60. The molecular formula is C19H35N3O4. The van der Waals surface area contributed by atoms with Crippen LogP contribution in [0.25, 0.3) is 0 Å². The number of nitrogens with one attached hydrogen (secondary N) is 1. The lowest BCUT2D eigenvalue weighted by Crippen LogP contribution is -2.53. The Bertz CT molecular complexity index is 477. The van der Waals surface area contributed by atoms with Gasteiger partial charge in [0.25, 0.3) is 0 Å². The molecule has 2 amide bonds. The molecule has 26 heavy (non-hydrogen) atoms. The summed E-state index contributed by atoms with van der Waals surface area (Å²) in [5.41, 5.74) is 0.115. The van der Waals surface area contributed by atoms with E-state index >= 15 is 0 Å². The van der Waals surface area contributed by atoms with Gasteiger partial charge in [0.05, 0.1) is 19.3 Å². The first-order valence-corrected chi connectivity index (χ1v) is 9.82. The minimum atomic E-state index is -0.858. The van der Waals surface area contributed by atoms with Crippen molar-refractivity contribution in [2.24, 2.45) is 11.3 Å². The van der Waals surface area contributed by atoms with Crippen LogP contribution in [0.15, 0.2) is 0 Å². The van der Waals surface area contributed by atoms with Crippen molar-refractivity contribution in [3.8, 4) is 0 Å². The van der Waals surface area contributed by atoms with E-state index in [9.17, 15) is 9.59 Å². The summed E-state index contributed by atoms with van der Waals surface area (Å²) < 4.78 is 5.69. The Kier molecular flexibility index (Phi) is 7.70. The molecule has 150 valence electrons. The molecule has 0 aromatic rings. The summed E-state index contributed by atoms with van der Waals surface area (Å²) in [5, 5.41) is 12.0. The highest BCUT2D eigenvalue weighted by Gasteiger charge is 2.32. The van der Waals surface area contributed by atoms with Crippen LogP contribution in [0.4, 0.5) is 4.79 Å². The topological polar surface area (TPSA) is 82.1 Å². The predicted octanol–water partition coefficient (Wildman–Crippen LogP) is 2.02. The number of likely N-dealkylation sites (N-methyl/N-ethyl adjacent to an activating group) is 1. The van der Waals surface area contributed by atoms with E-state index in [0.29, 0.717) is 38.7 Å². The molecule has 1 saturated heterocycles. The van der Waals surface area contributed by atoms with Gasteiger partial charge in [0.2, 0.25) is 0 Å². The third kappa shape index (κ3) is 6.43. The molecule has 0 aromatic heterocycles. The van der Waals surface area contributed by atoms with Crippen LogP contribution in [0.3, 0.4) is 0 Å². The van der Waals surface area contributed by atoms with E-state index in [1.54, 1.807) is 16.8 Å². The van der Waals surface area contributed by atoms with Crippen molar-refractivity contribution >= 4 is 12.0 Å². The number of ether oxygens (including phenoxy) is 1. The fourth-order valence-corrected chi connectivity index (χ4v) is 4.10. The largest absolute Gasteiger partial charge is 0.480 e. The van der Waals surface area contributed by atoms with Crippen molar-refractivity contribution in [2.75, 3.05) is 46.4 Å².